The number of rotatable bonds is 4. The fourth-order valence-corrected chi connectivity index (χ4v) is 1.41. The number of hydrogen-bond acceptors (Lipinski definition) is 5. The molecular formula is C12H12N4O3. The van der Waals surface area contributed by atoms with Gasteiger partial charge < -0.3 is 14.8 Å². The second-order valence-electron chi connectivity index (χ2n) is 3.56. The van der Waals surface area contributed by atoms with Gasteiger partial charge in [-0.25, -0.2) is 10.4 Å². The maximum atomic E-state index is 11.5. The number of amides is 1. The number of carbonyl (C=O) groups excluding carboxylic acids is 1. The highest BCUT2D eigenvalue weighted by atomic mass is 16.5. The zero-order valence-corrected chi connectivity index (χ0v) is 10.1. The number of phenols is 1. The van der Waals surface area contributed by atoms with Crippen LogP contribution in [0.5, 0.6) is 11.5 Å². The Morgan fingerprint density at radius 3 is 3.11 bits per heavy atom. The zero-order chi connectivity index (χ0) is 13.7. The fourth-order valence-electron chi connectivity index (χ4n) is 1.41. The number of benzene rings is 1. The average Bonchev–Trinajstić information content (AvgIpc) is 2.94. The molecule has 2 rings (SSSR count). The standard InChI is InChI=1S/C12H12N4O3/c1-19-10-4-2-3-8(11(10)17)5-15-16-12(18)9-6-13-7-14-9/h2-7,17H,1H3,(H,13,14)(H,16,18)/b15-5+. The van der Waals surface area contributed by atoms with E-state index in [1.165, 1.54) is 25.8 Å². The van der Waals surface area contributed by atoms with E-state index < -0.39 is 5.91 Å². The predicted octanol–water partition coefficient (Wildman–Crippen LogP) is 0.888. The number of nitrogens with zero attached hydrogens (tertiary/aromatic N) is 2. The summed E-state index contributed by atoms with van der Waals surface area (Å²) in [5, 5.41) is 13.5. The van der Waals surface area contributed by atoms with Crippen molar-refractivity contribution < 1.29 is 14.6 Å². The topological polar surface area (TPSA) is 99.6 Å². The molecule has 0 spiro atoms. The lowest BCUT2D eigenvalue weighted by atomic mass is 10.2. The Balaban J connectivity index is 2.05. The van der Waals surface area contributed by atoms with Crippen LogP contribution in [-0.2, 0) is 0 Å². The van der Waals surface area contributed by atoms with Crippen molar-refractivity contribution >= 4 is 12.1 Å². The van der Waals surface area contributed by atoms with E-state index in [1.807, 2.05) is 0 Å². The van der Waals surface area contributed by atoms with Gasteiger partial charge in [0.15, 0.2) is 11.5 Å². The van der Waals surface area contributed by atoms with E-state index in [0.717, 1.165) is 0 Å². The first-order valence-corrected chi connectivity index (χ1v) is 5.40. The second kappa shape index (κ2) is 5.67. The number of nitrogens with one attached hydrogen (secondary N) is 2. The van der Waals surface area contributed by atoms with Gasteiger partial charge in [-0.15, -0.1) is 0 Å². The predicted molar refractivity (Wildman–Crippen MR) is 68.3 cm³/mol. The van der Waals surface area contributed by atoms with Crippen molar-refractivity contribution in [3.63, 3.8) is 0 Å². The van der Waals surface area contributed by atoms with Crippen molar-refractivity contribution in [1.29, 1.82) is 0 Å². The molecule has 0 radical (unpaired) electrons. The first kappa shape index (κ1) is 12.6. The summed E-state index contributed by atoms with van der Waals surface area (Å²) < 4.78 is 4.96. The van der Waals surface area contributed by atoms with Crippen molar-refractivity contribution in [2.75, 3.05) is 7.11 Å². The van der Waals surface area contributed by atoms with Gasteiger partial charge in [0.05, 0.1) is 25.8 Å². The van der Waals surface area contributed by atoms with E-state index >= 15 is 0 Å². The Labute approximate surface area is 108 Å². The summed E-state index contributed by atoms with van der Waals surface area (Å²) in [6.45, 7) is 0. The molecule has 0 atom stereocenters. The van der Waals surface area contributed by atoms with Crippen molar-refractivity contribution in [2.45, 2.75) is 0 Å². The molecule has 19 heavy (non-hydrogen) atoms. The lowest BCUT2D eigenvalue weighted by Gasteiger charge is -2.04. The Hall–Kier alpha value is -2.83. The largest absolute Gasteiger partial charge is 0.504 e. The number of phenolic OH excluding ortho intramolecular Hbond substituents is 1. The smallest absolute Gasteiger partial charge is 0.289 e. The minimum atomic E-state index is -0.420. The highest BCUT2D eigenvalue weighted by Crippen LogP contribution is 2.27. The number of hydrogen-bond donors (Lipinski definition) is 3. The molecule has 1 amide bonds. The number of aromatic nitrogens is 2. The lowest BCUT2D eigenvalue weighted by Crippen LogP contribution is -2.17. The fraction of sp³-hybridized carbons (Fsp3) is 0.0833. The summed E-state index contributed by atoms with van der Waals surface area (Å²) in [6.07, 6.45) is 4.10. The third kappa shape index (κ3) is 2.89. The molecule has 2 aromatic rings. The maximum absolute atomic E-state index is 11.5. The Bertz CT molecular complexity index is 593. The first-order chi connectivity index (χ1) is 9.22. The molecular weight excluding hydrogens is 248 g/mol. The summed E-state index contributed by atoms with van der Waals surface area (Å²) in [5.41, 5.74) is 3.04. The molecule has 1 aromatic carbocycles. The zero-order valence-electron chi connectivity index (χ0n) is 10.1. The molecule has 1 aromatic heterocycles. The second-order valence-corrected chi connectivity index (χ2v) is 3.56. The summed E-state index contributed by atoms with van der Waals surface area (Å²) in [5.74, 6) is -0.121. The van der Waals surface area contributed by atoms with Gasteiger partial charge in [0.1, 0.15) is 5.69 Å². The maximum Gasteiger partial charge on any atom is 0.289 e. The van der Waals surface area contributed by atoms with E-state index in [-0.39, 0.29) is 5.75 Å². The lowest BCUT2D eigenvalue weighted by molar-refractivity contribution is 0.0950. The number of hydrazone groups is 1. The minimum absolute atomic E-state index is 0.0375. The van der Waals surface area contributed by atoms with Gasteiger partial charge >= 0.3 is 0 Å². The van der Waals surface area contributed by atoms with Gasteiger partial charge in [-0.1, -0.05) is 6.07 Å². The van der Waals surface area contributed by atoms with Crippen LogP contribution >= 0.6 is 0 Å². The van der Waals surface area contributed by atoms with Crippen LogP contribution in [0.4, 0.5) is 0 Å². The van der Waals surface area contributed by atoms with E-state index in [4.69, 9.17) is 4.74 Å². The summed E-state index contributed by atoms with van der Waals surface area (Å²) in [6, 6.07) is 4.97. The molecule has 3 N–H and O–H groups in total. The number of carbonyl (C=O) groups is 1. The number of H-pyrrole nitrogens is 1. The highest BCUT2D eigenvalue weighted by Gasteiger charge is 2.06. The normalized spacial score (nSPS) is 10.6. The van der Waals surface area contributed by atoms with Gasteiger partial charge in [-0.3, -0.25) is 4.79 Å². The van der Waals surface area contributed by atoms with Crippen molar-refractivity contribution in [1.82, 2.24) is 15.4 Å². The number of methoxy groups -OCH3 is 1. The quantitative estimate of drug-likeness (QED) is 0.561. The molecule has 0 bridgehead atoms. The van der Waals surface area contributed by atoms with Crippen molar-refractivity contribution in [3.8, 4) is 11.5 Å². The Morgan fingerprint density at radius 2 is 2.42 bits per heavy atom. The Morgan fingerprint density at radius 1 is 1.58 bits per heavy atom. The third-order valence-corrected chi connectivity index (χ3v) is 2.36. The van der Waals surface area contributed by atoms with E-state index in [1.54, 1.807) is 18.2 Å². The first-order valence-electron chi connectivity index (χ1n) is 5.40. The molecule has 0 aliphatic heterocycles. The molecule has 7 heteroatoms. The van der Waals surface area contributed by atoms with Crippen molar-refractivity contribution in [3.05, 3.63) is 42.0 Å². The van der Waals surface area contributed by atoms with Crippen LogP contribution in [0.3, 0.4) is 0 Å². The van der Waals surface area contributed by atoms with Gasteiger partial charge in [0.2, 0.25) is 0 Å². The molecule has 0 aliphatic rings. The number of ether oxygens (including phenoxy) is 1. The van der Waals surface area contributed by atoms with Crippen LogP contribution in [-0.4, -0.2) is 34.3 Å². The van der Waals surface area contributed by atoms with Gasteiger partial charge in [0, 0.05) is 5.56 Å². The SMILES string of the molecule is COc1cccc(/C=N/NC(=O)c2cnc[nH]2)c1O. The molecule has 0 unspecified atom stereocenters. The van der Waals surface area contributed by atoms with Gasteiger partial charge in [-0.2, -0.15) is 5.10 Å². The van der Waals surface area contributed by atoms with Crippen LogP contribution in [0.25, 0.3) is 0 Å². The molecule has 0 saturated heterocycles. The summed E-state index contributed by atoms with van der Waals surface area (Å²) in [7, 11) is 1.45. The van der Waals surface area contributed by atoms with Crippen LogP contribution in [0.1, 0.15) is 16.1 Å². The minimum Gasteiger partial charge on any atom is -0.504 e. The number of imidazole rings is 1. The van der Waals surface area contributed by atoms with Crippen molar-refractivity contribution in [2.24, 2.45) is 5.10 Å². The van der Waals surface area contributed by atoms with Gasteiger partial charge in [0.25, 0.3) is 5.91 Å². The van der Waals surface area contributed by atoms with Crippen LogP contribution in [0.2, 0.25) is 0 Å². The Kier molecular flexibility index (Phi) is 3.77. The van der Waals surface area contributed by atoms with Crippen LogP contribution in [0.15, 0.2) is 35.8 Å². The van der Waals surface area contributed by atoms with E-state index in [0.29, 0.717) is 17.0 Å². The van der Waals surface area contributed by atoms with Crippen LogP contribution < -0.4 is 10.2 Å². The molecule has 0 saturated carbocycles. The molecule has 7 nitrogen and oxygen atoms in total. The summed E-state index contributed by atoms with van der Waals surface area (Å²) >= 11 is 0. The average molecular weight is 260 g/mol. The number of para-hydroxylation sites is 1. The van der Waals surface area contributed by atoms with Gasteiger partial charge in [-0.05, 0) is 12.1 Å². The molecule has 1 heterocycles. The molecule has 98 valence electrons. The van der Waals surface area contributed by atoms with E-state index in [2.05, 4.69) is 20.5 Å². The highest BCUT2D eigenvalue weighted by molar-refractivity contribution is 5.93. The monoisotopic (exact) mass is 260 g/mol. The molecule has 0 fully saturated rings. The third-order valence-electron chi connectivity index (χ3n) is 2.36. The van der Waals surface area contributed by atoms with Crippen LogP contribution in [0, 0.1) is 0 Å². The summed E-state index contributed by atoms with van der Waals surface area (Å²) in [4.78, 5) is 17.9. The number of aromatic amines is 1. The molecule has 0 aliphatic carbocycles. The number of aromatic hydroxyl groups is 1. The van der Waals surface area contributed by atoms with E-state index in [9.17, 15) is 9.90 Å².